The molecule has 0 aliphatic heterocycles. The van der Waals surface area contributed by atoms with Crippen LogP contribution in [0, 0.1) is 12.7 Å². The lowest BCUT2D eigenvalue weighted by atomic mass is 10.2. The zero-order chi connectivity index (χ0) is 23.3. The third kappa shape index (κ3) is 5.85. The van der Waals surface area contributed by atoms with Crippen LogP contribution in [0.15, 0.2) is 71.6 Å². The number of hydrogen-bond acceptors (Lipinski definition) is 4. The van der Waals surface area contributed by atoms with E-state index in [1.54, 1.807) is 12.1 Å². The Hall–Kier alpha value is -2.94. The zero-order valence-corrected chi connectivity index (χ0v) is 19.1. The van der Waals surface area contributed by atoms with Gasteiger partial charge < -0.3 is 10.1 Å². The first-order valence-electron chi connectivity index (χ1n) is 9.63. The summed E-state index contributed by atoms with van der Waals surface area (Å²) in [5, 5.41) is 3.10. The normalized spacial score (nSPS) is 11.4. The van der Waals surface area contributed by atoms with Crippen LogP contribution < -0.4 is 10.1 Å². The maximum absolute atomic E-state index is 13.3. The van der Waals surface area contributed by atoms with Gasteiger partial charge in [-0.25, -0.2) is 12.8 Å². The molecule has 0 unspecified atom stereocenters. The Morgan fingerprint density at radius 1 is 1.06 bits per heavy atom. The summed E-state index contributed by atoms with van der Waals surface area (Å²) in [6, 6.07) is 16.4. The van der Waals surface area contributed by atoms with E-state index in [1.165, 1.54) is 55.6 Å². The number of carbonyl (C=O) groups excluding carboxylic acids is 1. The molecule has 32 heavy (non-hydrogen) atoms. The van der Waals surface area contributed by atoms with Crippen molar-refractivity contribution in [3.05, 3.63) is 88.7 Å². The number of ether oxygens (including phenoxy) is 1. The van der Waals surface area contributed by atoms with Crippen LogP contribution in [0.5, 0.6) is 5.75 Å². The van der Waals surface area contributed by atoms with Gasteiger partial charge in [-0.1, -0.05) is 29.8 Å². The minimum absolute atomic E-state index is 0.00931. The van der Waals surface area contributed by atoms with E-state index >= 15 is 0 Å². The Morgan fingerprint density at radius 2 is 1.72 bits per heavy atom. The monoisotopic (exact) mass is 476 g/mol. The maximum Gasteiger partial charge on any atom is 0.243 e. The number of rotatable bonds is 8. The molecule has 0 saturated heterocycles. The molecule has 1 N–H and O–H groups in total. The van der Waals surface area contributed by atoms with Gasteiger partial charge in [-0.2, -0.15) is 4.31 Å². The average Bonchev–Trinajstić information content (AvgIpc) is 2.75. The van der Waals surface area contributed by atoms with Crippen LogP contribution in [-0.4, -0.2) is 32.3 Å². The predicted molar refractivity (Wildman–Crippen MR) is 122 cm³/mol. The highest BCUT2D eigenvalue weighted by atomic mass is 35.5. The second-order valence-electron chi connectivity index (χ2n) is 7.11. The number of aryl methyl sites for hydroxylation is 1. The Morgan fingerprint density at radius 3 is 2.34 bits per heavy atom. The molecule has 0 fully saturated rings. The van der Waals surface area contributed by atoms with Crippen LogP contribution in [0.3, 0.4) is 0 Å². The van der Waals surface area contributed by atoms with E-state index in [0.717, 1.165) is 9.87 Å². The molecule has 6 nitrogen and oxygen atoms in total. The quantitative estimate of drug-likeness (QED) is 0.514. The van der Waals surface area contributed by atoms with Crippen LogP contribution in [0.25, 0.3) is 0 Å². The van der Waals surface area contributed by atoms with E-state index in [-0.39, 0.29) is 11.4 Å². The van der Waals surface area contributed by atoms with Gasteiger partial charge in [0.25, 0.3) is 0 Å². The summed E-state index contributed by atoms with van der Waals surface area (Å²) in [5.41, 5.74) is 1.87. The third-order valence-corrected chi connectivity index (χ3v) is 6.73. The molecule has 0 aliphatic carbocycles. The van der Waals surface area contributed by atoms with E-state index in [9.17, 15) is 17.6 Å². The van der Waals surface area contributed by atoms with Crippen molar-refractivity contribution in [3.63, 3.8) is 0 Å². The van der Waals surface area contributed by atoms with Gasteiger partial charge in [0.15, 0.2) is 0 Å². The first-order chi connectivity index (χ1) is 15.2. The Bertz CT molecular complexity index is 1200. The molecule has 1 amide bonds. The van der Waals surface area contributed by atoms with Gasteiger partial charge in [0.05, 0.1) is 24.2 Å². The number of anilines is 1. The summed E-state index contributed by atoms with van der Waals surface area (Å²) >= 11 is 5.88. The van der Waals surface area contributed by atoms with Gasteiger partial charge in [0.1, 0.15) is 11.6 Å². The van der Waals surface area contributed by atoms with Crippen LogP contribution in [0.2, 0.25) is 5.02 Å². The molecule has 168 valence electrons. The van der Waals surface area contributed by atoms with Gasteiger partial charge >= 0.3 is 0 Å². The van der Waals surface area contributed by atoms with E-state index in [2.05, 4.69) is 5.32 Å². The Kier molecular flexibility index (Phi) is 7.50. The molecule has 9 heteroatoms. The Labute approximate surface area is 191 Å². The highest BCUT2D eigenvalue weighted by Crippen LogP contribution is 2.26. The highest BCUT2D eigenvalue weighted by molar-refractivity contribution is 7.89. The number of sulfonamides is 1. The van der Waals surface area contributed by atoms with Crippen LogP contribution in [0.4, 0.5) is 10.1 Å². The lowest BCUT2D eigenvalue weighted by Gasteiger charge is -2.22. The molecular weight excluding hydrogens is 455 g/mol. The van der Waals surface area contributed by atoms with Crippen molar-refractivity contribution in [1.82, 2.24) is 4.31 Å². The number of carbonyl (C=O) groups is 1. The standard InChI is InChI=1S/C23H22ClFN2O4S/c1-16-3-12-22(31-2)21(13-16)26-23(28)15-27(14-17-4-8-19(25)9-5-17)32(29,30)20-10-6-18(24)7-11-20/h3-13H,14-15H2,1-2H3,(H,26,28). The van der Waals surface area contributed by atoms with E-state index < -0.39 is 28.3 Å². The molecule has 0 aliphatic rings. The smallest absolute Gasteiger partial charge is 0.243 e. The largest absolute Gasteiger partial charge is 0.495 e. The fraction of sp³-hybridized carbons (Fsp3) is 0.174. The molecule has 0 heterocycles. The van der Waals surface area contributed by atoms with Crippen LogP contribution in [-0.2, 0) is 21.4 Å². The zero-order valence-electron chi connectivity index (χ0n) is 17.5. The lowest BCUT2D eigenvalue weighted by molar-refractivity contribution is -0.116. The number of hydrogen-bond donors (Lipinski definition) is 1. The number of benzene rings is 3. The summed E-state index contributed by atoms with van der Waals surface area (Å²) < 4.78 is 46.2. The molecule has 3 aromatic carbocycles. The molecule has 0 atom stereocenters. The van der Waals surface area contributed by atoms with Crippen molar-refractivity contribution in [3.8, 4) is 5.75 Å². The minimum atomic E-state index is -4.05. The summed E-state index contributed by atoms with van der Waals surface area (Å²) in [4.78, 5) is 12.8. The SMILES string of the molecule is COc1ccc(C)cc1NC(=O)CN(Cc1ccc(F)cc1)S(=O)(=O)c1ccc(Cl)cc1. The van der Waals surface area contributed by atoms with Crippen LogP contribution >= 0.6 is 11.6 Å². The molecule has 0 saturated carbocycles. The van der Waals surface area contributed by atoms with E-state index in [1.807, 2.05) is 13.0 Å². The van der Waals surface area contributed by atoms with E-state index in [4.69, 9.17) is 16.3 Å². The minimum Gasteiger partial charge on any atom is -0.495 e. The number of halogens is 2. The molecule has 0 aromatic heterocycles. The summed E-state index contributed by atoms with van der Waals surface area (Å²) in [6.45, 7) is 1.28. The first-order valence-corrected chi connectivity index (χ1v) is 11.5. The molecule has 0 radical (unpaired) electrons. The molecule has 3 rings (SSSR count). The van der Waals surface area contributed by atoms with Crippen molar-refractivity contribution in [1.29, 1.82) is 0 Å². The highest BCUT2D eigenvalue weighted by Gasteiger charge is 2.27. The molecular formula is C23H22ClFN2O4S. The van der Waals surface area contributed by atoms with Crippen molar-refractivity contribution in [2.75, 3.05) is 19.0 Å². The van der Waals surface area contributed by atoms with Gasteiger partial charge in [0.2, 0.25) is 15.9 Å². The number of methoxy groups -OCH3 is 1. The maximum atomic E-state index is 13.3. The second kappa shape index (κ2) is 10.1. The third-order valence-electron chi connectivity index (χ3n) is 4.67. The molecule has 0 bridgehead atoms. The van der Waals surface area contributed by atoms with E-state index in [0.29, 0.717) is 22.0 Å². The Balaban J connectivity index is 1.89. The predicted octanol–water partition coefficient (Wildman–Crippen LogP) is 4.63. The lowest BCUT2D eigenvalue weighted by Crippen LogP contribution is -2.37. The first kappa shape index (κ1) is 23.7. The van der Waals surface area contributed by atoms with Gasteiger partial charge in [-0.15, -0.1) is 0 Å². The van der Waals surface area contributed by atoms with Crippen LogP contribution in [0.1, 0.15) is 11.1 Å². The number of amides is 1. The van der Waals surface area contributed by atoms with Gasteiger partial charge in [-0.3, -0.25) is 4.79 Å². The van der Waals surface area contributed by atoms with Gasteiger partial charge in [-0.05, 0) is 66.6 Å². The molecule has 3 aromatic rings. The second-order valence-corrected chi connectivity index (χ2v) is 9.48. The fourth-order valence-corrected chi connectivity index (χ4v) is 4.55. The van der Waals surface area contributed by atoms with Crippen molar-refractivity contribution in [2.45, 2.75) is 18.4 Å². The number of nitrogens with zero attached hydrogens (tertiary/aromatic N) is 1. The number of nitrogens with one attached hydrogen (secondary N) is 1. The van der Waals surface area contributed by atoms with Crippen molar-refractivity contribution < 1.29 is 22.3 Å². The summed E-state index contributed by atoms with van der Waals surface area (Å²) in [5.74, 6) is -0.534. The summed E-state index contributed by atoms with van der Waals surface area (Å²) in [7, 11) is -2.57. The topological polar surface area (TPSA) is 75.7 Å². The average molecular weight is 477 g/mol. The van der Waals surface area contributed by atoms with Gasteiger partial charge in [0, 0.05) is 11.6 Å². The fourth-order valence-electron chi connectivity index (χ4n) is 3.04. The summed E-state index contributed by atoms with van der Waals surface area (Å²) in [6.07, 6.45) is 0. The van der Waals surface area contributed by atoms with Crippen molar-refractivity contribution >= 4 is 33.2 Å². The van der Waals surface area contributed by atoms with Crippen molar-refractivity contribution in [2.24, 2.45) is 0 Å². The molecule has 0 spiro atoms.